The van der Waals surface area contributed by atoms with Gasteiger partial charge in [0.2, 0.25) is 5.91 Å². The molecular weight excluding hydrogens is 359 g/mol. The van der Waals surface area contributed by atoms with Crippen LogP contribution in [0.3, 0.4) is 0 Å². The van der Waals surface area contributed by atoms with Gasteiger partial charge in [-0.15, -0.1) is 0 Å². The second kappa shape index (κ2) is 7.14. The van der Waals surface area contributed by atoms with Gasteiger partial charge in [-0.2, -0.15) is 13.2 Å². The van der Waals surface area contributed by atoms with Crippen LogP contribution in [-0.4, -0.2) is 22.8 Å². The molecule has 0 aliphatic rings. The molecule has 0 bridgehead atoms. The zero-order valence-electron chi connectivity index (χ0n) is 14.0. The van der Waals surface area contributed by atoms with Crippen LogP contribution < -0.4 is 11.1 Å². The summed E-state index contributed by atoms with van der Waals surface area (Å²) in [5, 5.41) is 3.29. The van der Waals surface area contributed by atoms with E-state index in [0.717, 1.165) is 34.7 Å². The minimum Gasteiger partial charge on any atom is -0.368 e. The first-order chi connectivity index (χ1) is 12.8. The number of primary amides is 1. The zero-order valence-corrected chi connectivity index (χ0v) is 14.0. The number of para-hydroxylation sites is 1. The molecule has 0 radical (unpaired) electrons. The fourth-order valence-electron chi connectivity index (χ4n) is 2.82. The first-order valence-corrected chi connectivity index (χ1v) is 8.08. The lowest BCUT2D eigenvalue weighted by Crippen LogP contribution is -2.45. The lowest BCUT2D eigenvalue weighted by molar-refractivity contribution is -0.137. The quantitative estimate of drug-likeness (QED) is 0.640. The molecule has 3 rings (SSSR count). The van der Waals surface area contributed by atoms with Gasteiger partial charge in [0, 0.05) is 29.1 Å². The molecule has 140 valence electrons. The van der Waals surface area contributed by atoms with E-state index in [4.69, 9.17) is 5.73 Å². The summed E-state index contributed by atoms with van der Waals surface area (Å²) in [6.45, 7) is 0. The summed E-state index contributed by atoms with van der Waals surface area (Å²) in [6.07, 6.45) is -2.75. The molecule has 27 heavy (non-hydrogen) atoms. The van der Waals surface area contributed by atoms with Gasteiger partial charge in [0.15, 0.2) is 0 Å². The molecule has 0 spiro atoms. The number of alkyl halides is 3. The molecule has 1 atom stereocenters. The van der Waals surface area contributed by atoms with Crippen LogP contribution in [0.1, 0.15) is 21.5 Å². The number of aromatic nitrogens is 1. The van der Waals surface area contributed by atoms with Crippen molar-refractivity contribution in [3.8, 4) is 0 Å². The normalized spacial score (nSPS) is 12.7. The Morgan fingerprint density at radius 1 is 1.11 bits per heavy atom. The highest BCUT2D eigenvalue weighted by Crippen LogP contribution is 2.29. The average Bonchev–Trinajstić information content (AvgIpc) is 3.03. The van der Waals surface area contributed by atoms with Gasteiger partial charge < -0.3 is 16.0 Å². The lowest BCUT2D eigenvalue weighted by atomic mass is 10.0. The van der Waals surface area contributed by atoms with E-state index in [1.165, 1.54) is 6.07 Å². The maximum Gasteiger partial charge on any atom is 0.416 e. The number of amides is 2. The van der Waals surface area contributed by atoms with E-state index < -0.39 is 29.6 Å². The number of fused-ring (bicyclic) bond motifs is 1. The molecule has 0 aliphatic carbocycles. The van der Waals surface area contributed by atoms with Crippen LogP contribution >= 0.6 is 0 Å². The standard InChI is InChI=1S/C19H16F3N3O2/c20-19(21,22)13-5-3-4-11(8-13)18(27)25-16(17(23)26)9-12-10-24-15-7-2-1-6-14(12)15/h1-8,10,16,24H,9H2,(H2,23,26)(H,25,27)/t16-/m0/s1. The number of carbonyl (C=O) groups is 2. The van der Waals surface area contributed by atoms with Gasteiger partial charge in [-0.1, -0.05) is 24.3 Å². The fourth-order valence-corrected chi connectivity index (χ4v) is 2.82. The monoisotopic (exact) mass is 375 g/mol. The van der Waals surface area contributed by atoms with Crippen molar-refractivity contribution in [3.63, 3.8) is 0 Å². The number of rotatable bonds is 5. The smallest absolute Gasteiger partial charge is 0.368 e. The second-order valence-electron chi connectivity index (χ2n) is 6.07. The number of benzene rings is 2. The number of aromatic amines is 1. The van der Waals surface area contributed by atoms with Crippen LogP contribution in [0.4, 0.5) is 13.2 Å². The highest BCUT2D eigenvalue weighted by Gasteiger charge is 2.31. The Hall–Kier alpha value is -3.29. The second-order valence-corrected chi connectivity index (χ2v) is 6.07. The van der Waals surface area contributed by atoms with E-state index in [2.05, 4.69) is 10.3 Å². The van der Waals surface area contributed by atoms with Crippen LogP contribution in [0.5, 0.6) is 0 Å². The Morgan fingerprint density at radius 2 is 1.85 bits per heavy atom. The van der Waals surface area contributed by atoms with E-state index in [0.29, 0.717) is 0 Å². The maximum absolute atomic E-state index is 12.8. The van der Waals surface area contributed by atoms with Crippen molar-refractivity contribution in [3.05, 3.63) is 71.4 Å². The fraction of sp³-hybridized carbons (Fsp3) is 0.158. The van der Waals surface area contributed by atoms with Crippen molar-refractivity contribution >= 4 is 22.7 Å². The Bertz CT molecular complexity index is 995. The third-order valence-corrected chi connectivity index (χ3v) is 4.20. The van der Waals surface area contributed by atoms with Gasteiger partial charge in [0.25, 0.3) is 5.91 Å². The lowest BCUT2D eigenvalue weighted by Gasteiger charge is -2.16. The Labute approximate surface area is 152 Å². The summed E-state index contributed by atoms with van der Waals surface area (Å²) in [6, 6.07) is 10.3. The van der Waals surface area contributed by atoms with Crippen LogP contribution in [-0.2, 0) is 17.4 Å². The van der Waals surface area contributed by atoms with Gasteiger partial charge in [0.1, 0.15) is 6.04 Å². The zero-order chi connectivity index (χ0) is 19.6. The van der Waals surface area contributed by atoms with Crippen molar-refractivity contribution in [1.82, 2.24) is 10.3 Å². The van der Waals surface area contributed by atoms with Crippen LogP contribution in [0.2, 0.25) is 0 Å². The molecule has 8 heteroatoms. The number of hydrogen-bond acceptors (Lipinski definition) is 2. The minimum atomic E-state index is -4.57. The third-order valence-electron chi connectivity index (χ3n) is 4.20. The molecule has 0 fully saturated rings. The van der Waals surface area contributed by atoms with Crippen molar-refractivity contribution in [2.24, 2.45) is 5.73 Å². The van der Waals surface area contributed by atoms with Gasteiger partial charge in [-0.05, 0) is 29.8 Å². The van der Waals surface area contributed by atoms with E-state index in [9.17, 15) is 22.8 Å². The molecule has 0 saturated carbocycles. The molecule has 4 N–H and O–H groups in total. The van der Waals surface area contributed by atoms with Crippen LogP contribution in [0.15, 0.2) is 54.7 Å². The van der Waals surface area contributed by atoms with Gasteiger partial charge >= 0.3 is 6.18 Å². The summed E-state index contributed by atoms with van der Waals surface area (Å²) in [5.74, 6) is -1.58. The Balaban J connectivity index is 1.80. The number of nitrogens with two attached hydrogens (primary N) is 1. The topological polar surface area (TPSA) is 88.0 Å². The van der Waals surface area contributed by atoms with Crippen molar-refractivity contribution in [1.29, 1.82) is 0 Å². The summed E-state index contributed by atoms with van der Waals surface area (Å²) in [7, 11) is 0. The first kappa shape index (κ1) is 18.5. The molecular formula is C19H16F3N3O2. The number of H-pyrrole nitrogens is 1. The Morgan fingerprint density at radius 3 is 2.56 bits per heavy atom. The SMILES string of the molecule is NC(=O)[C@H](Cc1c[nH]c2ccccc12)NC(=O)c1cccc(C(F)(F)F)c1. The minimum absolute atomic E-state index is 0.115. The van der Waals surface area contributed by atoms with Crippen molar-refractivity contribution in [2.75, 3.05) is 0 Å². The number of nitrogens with one attached hydrogen (secondary N) is 2. The molecule has 2 aromatic carbocycles. The van der Waals surface area contributed by atoms with Crippen molar-refractivity contribution in [2.45, 2.75) is 18.6 Å². The summed E-state index contributed by atoms with van der Waals surface area (Å²) in [5.41, 5.74) is 5.86. The average molecular weight is 375 g/mol. The number of halogens is 3. The predicted molar refractivity (Wildman–Crippen MR) is 93.9 cm³/mol. The molecule has 1 heterocycles. The maximum atomic E-state index is 12.8. The highest BCUT2D eigenvalue weighted by molar-refractivity contribution is 5.97. The number of carbonyl (C=O) groups excluding carboxylic acids is 2. The summed E-state index contributed by atoms with van der Waals surface area (Å²) in [4.78, 5) is 27.2. The molecule has 1 aromatic heterocycles. The van der Waals surface area contributed by atoms with Gasteiger partial charge in [0.05, 0.1) is 5.56 Å². The van der Waals surface area contributed by atoms with Crippen LogP contribution in [0.25, 0.3) is 10.9 Å². The molecule has 2 amide bonds. The first-order valence-electron chi connectivity index (χ1n) is 8.08. The van der Waals surface area contributed by atoms with E-state index in [1.54, 1.807) is 6.20 Å². The van der Waals surface area contributed by atoms with E-state index in [-0.39, 0.29) is 12.0 Å². The number of hydrogen-bond donors (Lipinski definition) is 3. The van der Waals surface area contributed by atoms with E-state index >= 15 is 0 Å². The highest BCUT2D eigenvalue weighted by atomic mass is 19.4. The Kier molecular flexibility index (Phi) is 4.89. The molecule has 0 aliphatic heterocycles. The van der Waals surface area contributed by atoms with Crippen LogP contribution in [0, 0.1) is 0 Å². The molecule has 0 unspecified atom stereocenters. The van der Waals surface area contributed by atoms with Crippen molar-refractivity contribution < 1.29 is 22.8 Å². The van der Waals surface area contributed by atoms with E-state index in [1.807, 2.05) is 24.3 Å². The molecule has 0 saturated heterocycles. The van der Waals surface area contributed by atoms with Gasteiger partial charge in [-0.25, -0.2) is 0 Å². The molecule has 3 aromatic rings. The van der Waals surface area contributed by atoms with Gasteiger partial charge in [-0.3, -0.25) is 9.59 Å². The summed E-state index contributed by atoms with van der Waals surface area (Å²) >= 11 is 0. The largest absolute Gasteiger partial charge is 0.416 e. The predicted octanol–water partition coefficient (Wildman–Crippen LogP) is 3.01. The third kappa shape index (κ3) is 4.11. The molecule has 5 nitrogen and oxygen atoms in total. The summed E-state index contributed by atoms with van der Waals surface area (Å²) < 4.78 is 38.4.